The van der Waals surface area contributed by atoms with E-state index in [1.54, 1.807) is 12.1 Å². The van der Waals surface area contributed by atoms with Crippen LogP contribution in [0.25, 0.3) is 44.2 Å². The maximum Gasteiger partial charge on any atom is 0.337 e. The number of carbonyl (C=O) groups is 1. The molecule has 0 unspecified atom stereocenters. The first-order chi connectivity index (χ1) is 15.0. The average molecular weight is 407 g/mol. The van der Waals surface area contributed by atoms with Crippen molar-refractivity contribution in [1.82, 2.24) is 9.97 Å². The molecule has 0 atom stereocenters. The lowest BCUT2D eigenvalue weighted by molar-refractivity contribution is 0.0601. The second-order valence-corrected chi connectivity index (χ2v) is 7.64. The SMILES string of the molecule is COC(=O)c1ccc(-c2cnc3[nH]c4ccc(N)cc4c3c2-c2ccc(C)cc2)cc1. The molecule has 0 fully saturated rings. The van der Waals surface area contributed by atoms with Crippen LogP contribution in [-0.4, -0.2) is 23.0 Å². The summed E-state index contributed by atoms with van der Waals surface area (Å²) in [5.41, 5.74) is 14.4. The highest BCUT2D eigenvalue weighted by atomic mass is 16.5. The van der Waals surface area contributed by atoms with E-state index in [1.165, 1.54) is 12.7 Å². The van der Waals surface area contributed by atoms with Crippen molar-refractivity contribution in [2.45, 2.75) is 6.92 Å². The number of aryl methyl sites for hydroxylation is 1. The van der Waals surface area contributed by atoms with E-state index in [4.69, 9.17) is 15.5 Å². The largest absolute Gasteiger partial charge is 0.465 e. The summed E-state index contributed by atoms with van der Waals surface area (Å²) in [6, 6.07) is 21.7. The van der Waals surface area contributed by atoms with Gasteiger partial charge >= 0.3 is 5.97 Å². The molecule has 5 heteroatoms. The van der Waals surface area contributed by atoms with Crippen molar-refractivity contribution in [3.63, 3.8) is 0 Å². The number of nitrogens with zero attached hydrogens (tertiary/aromatic N) is 1. The third-order valence-electron chi connectivity index (χ3n) is 5.60. The molecule has 5 rings (SSSR count). The number of hydrogen-bond donors (Lipinski definition) is 2. The van der Waals surface area contributed by atoms with Gasteiger partial charge in [0.15, 0.2) is 0 Å². The Morgan fingerprint density at radius 3 is 2.39 bits per heavy atom. The van der Waals surface area contributed by atoms with Gasteiger partial charge in [0.1, 0.15) is 5.65 Å². The molecular weight excluding hydrogens is 386 g/mol. The van der Waals surface area contributed by atoms with Gasteiger partial charge in [-0.05, 0) is 48.4 Å². The smallest absolute Gasteiger partial charge is 0.337 e. The summed E-state index contributed by atoms with van der Waals surface area (Å²) in [5.74, 6) is -0.356. The number of H-pyrrole nitrogens is 1. The van der Waals surface area contributed by atoms with E-state index in [0.717, 1.165) is 44.2 Å². The van der Waals surface area contributed by atoms with Gasteiger partial charge in [0.05, 0.1) is 12.7 Å². The van der Waals surface area contributed by atoms with Crippen LogP contribution in [-0.2, 0) is 4.74 Å². The molecule has 0 amide bonds. The van der Waals surface area contributed by atoms with Gasteiger partial charge in [0, 0.05) is 39.3 Å². The van der Waals surface area contributed by atoms with Crippen molar-refractivity contribution >= 4 is 33.6 Å². The Balaban J connectivity index is 1.83. The lowest BCUT2D eigenvalue weighted by Gasteiger charge is -2.13. The van der Waals surface area contributed by atoms with E-state index in [1.807, 2.05) is 36.5 Å². The van der Waals surface area contributed by atoms with Crippen LogP contribution in [0.5, 0.6) is 0 Å². The van der Waals surface area contributed by atoms with E-state index < -0.39 is 0 Å². The lowest BCUT2D eigenvalue weighted by atomic mass is 9.92. The molecule has 5 aromatic rings. The molecule has 3 N–H and O–H groups in total. The number of aromatic nitrogens is 2. The highest BCUT2D eigenvalue weighted by Crippen LogP contribution is 2.41. The normalized spacial score (nSPS) is 11.2. The zero-order chi connectivity index (χ0) is 21.5. The molecular formula is C26H21N3O2. The first kappa shape index (κ1) is 18.9. The number of hydrogen-bond acceptors (Lipinski definition) is 4. The van der Waals surface area contributed by atoms with Crippen LogP contribution in [0.4, 0.5) is 5.69 Å². The Morgan fingerprint density at radius 2 is 1.68 bits per heavy atom. The van der Waals surface area contributed by atoms with Gasteiger partial charge in [0.2, 0.25) is 0 Å². The summed E-state index contributed by atoms with van der Waals surface area (Å²) in [7, 11) is 1.38. The number of aromatic amines is 1. The van der Waals surface area contributed by atoms with Crippen molar-refractivity contribution < 1.29 is 9.53 Å². The summed E-state index contributed by atoms with van der Waals surface area (Å²) in [6.07, 6.45) is 1.88. The molecule has 31 heavy (non-hydrogen) atoms. The van der Waals surface area contributed by atoms with Gasteiger partial charge in [-0.2, -0.15) is 0 Å². The van der Waals surface area contributed by atoms with Crippen LogP contribution in [0.3, 0.4) is 0 Å². The number of anilines is 1. The zero-order valence-electron chi connectivity index (χ0n) is 17.3. The maximum absolute atomic E-state index is 11.8. The highest BCUT2D eigenvalue weighted by Gasteiger charge is 2.18. The number of benzene rings is 3. The number of methoxy groups -OCH3 is 1. The number of fused-ring (bicyclic) bond motifs is 3. The molecule has 0 spiro atoms. The van der Waals surface area contributed by atoms with Gasteiger partial charge in [-0.3, -0.25) is 0 Å². The van der Waals surface area contributed by atoms with Crippen molar-refractivity contribution in [2.24, 2.45) is 0 Å². The van der Waals surface area contributed by atoms with Crippen LogP contribution >= 0.6 is 0 Å². The molecule has 0 radical (unpaired) electrons. The van der Waals surface area contributed by atoms with Gasteiger partial charge in [-0.1, -0.05) is 42.0 Å². The van der Waals surface area contributed by atoms with E-state index >= 15 is 0 Å². The van der Waals surface area contributed by atoms with Gasteiger partial charge < -0.3 is 15.5 Å². The topological polar surface area (TPSA) is 81.0 Å². The Hall–Kier alpha value is -4.12. The summed E-state index contributed by atoms with van der Waals surface area (Å²) >= 11 is 0. The Morgan fingerprint density at radius 1 is 0.968 bits per heavy atom. The number of pyridine rings is 1. The number of nitrogen functional groups attached to an aromatic ring is 1. The lowest BCUT2D eigenvalue weighted by Crippen LogP contribution is -2.00. The molecule has 2 aromatic heterocycles. The minimum absolute atomic E-state index is 0.356. The fraction of sp³-hybridized carbons (Fsp3) is 0.0769. The second kappa shape index (κ2) is 7.29. The summed E-state index contributed by atoms with van der Waals surface area (Å²) < 4.78 is 4.83. The van der Waals surface area contributed by atoms with Gasteiger partial charge in [0.25, 0.3) is 0 Å². The fourth-order valence-corrected chi connectivity index (χ4v) is 4.02. The van der Waals surface area contributed by atoms with Crippen LogP contribution in [0, 0.1) is 6.92 Å². The number of esters is 1. The fourth-order valence-electron chi connectivity index (χ4n) is 4.02. The van der Waals surface area contributed by atoms with E-state index in [9.17, 15) is 4.79 Å². The molecule has 0 saturated heterocycles. The van der Waals surface area contributed by atoms with Crippen LogP contribution in [0.2, 0.25) is 0 Å². The quantitative estimate of drug-likeness (QED) is 0.296. The number of ether oxygens (including phenoxy) is 1. The number of carbonyl (C=O) groups excluding carboxylic acids is 1. The molecule has 2 heterocycles. The molecule has 0 aliphatic rings. The maximum atomic E-state index is 11.8. The first-order valence-electron chi connectivity index (χ1n) is 10.0. The average Bonchev–Trinajstić information content (AvgIpc) is 3.16. The van der Waals surface area contributed by atoms with Gasteiger partial charge in [-0.25, -0.2) is 9.78 Å². The third kappa shape index (κ3) is 3.20. The minimum atomic E-state index is -0.356. The summed E-state index contributed by atoms with van der Waals surface area (Å²) in [6.45, 7) is 2.07. The number of nitrogens with two attached hydrogens (primary N) is 1. The number of nitrogens with one attached hydrogen (secondary N) is 1. The van der Waals surface area contributed by atoms with E-state index in [0.29, 0.717) is 11.3 Å². The minimum Gasteiger partial charge on any atom is -0.465 e. The Labute approximate surface area is 179 Å². The molecule has 152 valence electrons. The van der Waals surface area contributed by atoms with Crippen molar-refractivity contribution in [2.75, 3.05) is 12.8 Å². The molecule has 0 aliphatic heterocycles. The van der Waals surface area contributed by atoms with E-state index in [2.05, 4.69) is 36.2 Å². The molecule has 5 nitrogen and oxygen atoms in total. The van der Waals surface area contributed by atoms with E-state index in [-0.39, 0.29) is 5.97 Å². The molecule has 0 bridgehead atoms. The standard InChI is InChI=1S/C26H21N3O2/c1-15-3-5-17(6-4-15)23-21(16-7-9-18(10-8-16)26(30)31-2)14-28-25-24(23)20-13-19(27)11-12-22(20)29-25/h3-14H,27H2,1-2H3,(H,28,29). The van der Waals surface area contributed by atoms with Crippen LogP contribution < -0.4 is 5.73 Å². The molecule has 0 aliphatic carbocycles. The highest BCUT2D eigenvalue weighted by molar-refractivity contribution is 6.16. The Kier molecular flexibility index (Phi) is 4.44. The molecule has 3 aromatic carbocycles. The summed E-state index contributed by atoms with van der Waals surface area (Å²) in [5, 5.41) is 2.06. The molecule has 0 saturated carbocycles. The predicted molar refractivity (Wildman–Crippen MR) is 125 cm³/mol. The summed E-state index contributed by atoms with van der Waals surface area (Å²) in [4.78, 5) is 20.0. The van der Waals surface area contributed by atoms with Crippen molar-refractivity contribution in [3.05, 3.63) is 84.1 Å². The van der Waals surface area contributed by atoms with Gasteiger partial charge in [-0.15, -0.1) is 0 Å². The third-order valence-corrected chi connectivity index (χ3v) is 5.60. The monoisotopic (exact) mass is 407 g/mol. The first-order valence-corrected chi connectivity index (χ1v) is 10.0. The predicted octanol–water partition coefficient (Wildman–Crippen LogP) is 5.73. The second-order valence-electron chi connectivity index (χ2n) is 7.64. The van der Waals surface area contributed by atoms with Crippen molar-refractivity contribution in [3.8, 4) is 22.3 Å². The van der Waals surface area contributed by atoms with Crippen LogP contribution in [0.15, 0.2) is 72.9 Å². The zero-order valence-corrected chi connectivity index (χ0v) is 17.3. The van der Waals surface area contributed by atoms with Crippen LogP contribution in [0.1, 0.15) is 15.9 Å². The number of rotatable bonds is 3. The Bertz CT molecular complexity index is 1430. The van der Waals surface area contributed by atoms with Crippen molar-refractivity contribution in [1.29, 1.82) is 0 Å².